The van der Waals surface area contributed by atoms with E-state index in [1.165, 1.54) is 10.9 Å². The SMILES string of the molecule is CC(C)c1cc(NC(=O)[NH+]([O-])S(=O)(=O)N(c2cnn(C)c2)C2CCN(C)CC2)cc(C(C)C)c1. The lowest BCUT2D eigenvalue weighted by molar-refractivity contribution is -0.604. The smallest absolute Gasteiger partial charge is 0.436 e. The first-order valence-corrected chi connectivity index (χ1v) is 13.1. The molecule has 3 rings (SSSR count). The second-order valence-corrected chi connectivity index (χ2v) is 11.4. The van der Waals surface area contributed by atoms with E-state index in [4.69, 9.17) is 0 Å². The molecule has 1 saturated heterocycles. The molecule has 0 bridgehead atoms. The van der Waals surface area contributed by atoms with Crippen molar-refractivity contribution in [3.8, 4) is 0 Å². The molecule has 2 heterocycles. The van der Waals surface area contributed by atoms with Gasteiger partial charge in [-0.05, 0) is 68.1 Å². The van der Waals surface area contributed by atoms with Crippen LogP contribution >= 0.6 is 0 Å². The van der Waals surface area contributed by atoms with Gasteiger partial charge in [0.15, 0.2) is 0 Å². The first-order chi connectivity index (χ1) is 15.9. The molecule has 0 aliphatic carbocycles. The number of rotatable bonds is 7. The highest BCUT2D eigenvalue weighted by atomic mass is 32.2. The summed E-state index contributed by atoms with van der Waals surface area (Å²) in [6.45, 7) is 9.53. The summed E-state index contributed by atoms with van der Waals surface area (Å²) in [6, 6.07) is 4.03. The number of amides is 2. The summed E-state index contributed by atoms with van der Waals surface area (Å²) in [5, 5.41) is 19.7. The van der Waals surface area contributed by atoms with Gasteiger partial charge in [0.05, 0.1) is 17.9 Å². The van der Waals surface area contributed by atoms with E-state index < -0.39 is 26.8 Å². The molecule has 10 nitrogen and oxygen atoms in total. The molecule has 11 heteroatoms. The van der Waals surface area contributed by atoms with Crippen LogP contribution in [0.15, 0.2) is 30.6 Å². The molecule has 1 aliphatic rings. The number of nitrogens with zero attached hydrogens (tertiary/aromatic N) is 4. The van der Waals surface area contributed by atoms with Gasteiger partial charge >= 0.3 is 16.2 Å². The molecule has 1 aromatic carbocycles. The fraction of sp³-hybridized carbons (Fsp3) is 0.565. The summed E-state index contributed by atoms with van der Waals surface area (Å²) in [5.74, 6) is 0.415. The Morgan fingerprint density at radius 2 is 1.68 bits per heavy atom. The largest absolute Gasteiger partial charge is 0.608 e. The van der Waals surface area contributed by atoms with Crippen LogP contribution in [0.3, 0.4) is 0 Å². The molecule has 2 amide bonds. The molecule has 1 atom stereocenters. The van der Waals surface area contributed by atoms with E-state index in [1.54, 1.807) is 25.4 Å². The first-order valence-electron chi connectivity index (χ1n) is 11.6. The topological polar surface area (TPSA) is 115 Å². The number of carbonyl (C=O) groups is 1. The number of aromatic nitrogens is 2. The van der Waals surface area contributed by atoms with Crippen molar-refractivity contribution < 1.29 is 17.7 Å². The van der Waals surface area contributed by atoms with Crippen LogP contribution in [0.1, 0.15) is 63.5 Å². The number of likely N-dealkylation sites (tertiary alicyclic amines) is 1. The summed E-state index contributed by atoms with van der Waals surface area (Å²) in [7, 11) is -0.981. The lowest BCUT2D eigenvalue weighted by atomic mass is 9.95. The van der Waals surface area contributed by atoms with E-state index in [2.05, 4.69) is 21.4 Å². The Bertz CT molecular complexity index is 1080. The zero-order valence-electron chi connectivity index (χ0n) is 20.8. The molecular formula is C23H36N6O4S. The van der Waals surface area contributed by atoms with Gasteiger partial charge in [-0.15, -0.1) is 0 Å². The van der Waals surface area contributed by atoms with E-state index in [9.17, 15) is 18.4 Å². The van der Waals surface area contributed by atoms with Crippen molar-refractivity contribution in [1.29, 1.82) is 0 Å². The Balaban J connectivity index is 1.90. The number of quaternary nitrogens is 1. The van der Waals surface area contributed by atoms with E-state index in [0.29, 0.717) is 31.6 Å². The normalized spacial score (nSPS) is 16.7. The summed E-state index contributed by atoms with van der Waals surface area (Å²) in [4.78, 5) is 15.0. The van der Waals surface area contributed by atoms with E-state index in [0.717, 1.165) is 15.4 Å². The Kier molecular flexibility index (Phi) is 8.02. The van der Waals surface area contributed by atoms with Crippen LogP contribution in [0.4, 0.5) is 16.2 Å². The Morgan fingerprint density at radius 3 is 2.15 bits per heavy atom. The third kappa shape index (κ3) is 5.77. The minimum absolute atomic E-state index is 0.208. The standard InChI is InChI=1S/C23H36N6O4S/c1-16(2)18-11-19(17(3)4)13-20(12-18)25-23(30)29(31)34(32,33)28(22-14-24-27(6)15-22)21-7-9-26(5)10-8-21/h11-17,21,29H,7-10H2,1-6H3,(H,25,30). The van der Waals surface area contributed by atoms with Gasteiger partial charge in [-0.3, -0.25) is 10.00 Å². The van der Waals surface area contributed by atoms with Gasteiger partial charge in [-0.2, -0.15) is 18.0 Å². The number of carbonyl (C=O) groups excluding carboxylic acids is 1. The summed E-state index contributed by atoms with van der Waals surface area (Å²) < 4.78 is 28.0. The van der Waals surface area contributed by atoms with Gasteiger partial charge in [0.25, 0.3) is 0 Å². The van der Waals surface area contributed by atoms with Gasteiger partial charge in [0.1, 0.15) is 0 Å². The number of nitrogens with one attached hydrogen (secondary N) is 2. The van der Waals surface area contributed by atoms with Crippen LogP contribution in [-0.2, 0) is 17.3 Å². The summed E-state index contributed by atoms with van der Waals surface area (Å²) in [5.41, 5.74) is 2.69. The number of piperidine rings is 1. The van der Waals surface area contributed by atoms with Gasteiger partial charge in [-0.1, -0.05) is 33.8 Å². The molecule has 1 unspecified atom stereocenters. The predicted molar refractivity (Wildman–Crippen MR) is 133 cm³/mol. The molecule has 34 heavy (non-hydrogen) atoms. The van der Waals surface area contributed by atoms with Gasteiger partial charge in [-0.25, -0.2) is 9.10 Å². The quantitative estimate of drug-likeness (QED) is 0.574. The number of anilines is 2. The Hall–Kier alpha value is -2.47. The van der Waals surface area contributed by atoms with Gasteiger partial charge in [0, 0.05) is 18.9 Å². The minimum atomic E-state index is -4.62. The average Bonchev–Trinajstić information content (AvgIpc) is 3.19. The number of hydrogen-bond donors (Lipinski definition) is 2. The van der Waals surface area contributed by atoms with Gasteiger partial charge < -0.3 is 10.1 Å². The van der Waals surface area contributed by atoms with Gasteiger partial charge in [0.2, 0.25) is 0 Å². The number of aryl methyl sites for hydroxylation is 1. The number of benzene rings is 1. The molecule has 188 valence electrons. The van der Waals surface area contributed by atoms with Crippen molar-refractivity contribution >= 4 is 27.6 Å². The van der Waals surface area contributed by atoms with Crippen LogP contribution in [0.25, 0.3) is 0 Å². The zero-order valence-corrected chi connectivity index (χ0v) is 21.6. The third-order valence-corrected chi connectivity index (χ3v) is 7.89. The van der Waals surface area contributed by atoms with Crippen LogP contribution in [-0.4, -0.2) is 55.3 Å². The molecule has 1 fully saturated rings. The maximum Gasteiger partial charge on any atom is 0.436 e. The molecule has 1 aliphatic heterocycles. The fourth-order valence-corrected chi connectivity index (χ4v) is 5.54. The highest BCUT2D eigenvalue weighted by Gasteiger charge is 2.40. The molecule has 1 aromatic heterocycles. The van der Waals surface area contributed by atoms with E-state index in [1.807, 2.05) is 34.7 Å². The van der Waals surface area contributed by atoms with Crippen molar-refractivity contribution in [2.75, 3.05) is 29.8 Å². The number of urea groups is 1. The molecule has 0 spiro atoms. The summed E-state index contributed by atoms with van der Waals surface area (Å²) >= 11 is 0. The highest BCUT2D eigenvalue weighted by Crippen LogP contribution is 2.27. The number of hydroxylamine groups is 1. The lowest BCUT2D eigenvalue weighted by Crippen LogP contribution is -3.14. The lowest BCUT2D eigenvalue weighted by Gasteiger charge is -2.37. The summed E-state index contributed by atoms with van der Waals surface area (Å²) in [6.07, 6.45) is 4.05. The second kappa shape index (κ2) is 10.4. The second-order valence-electron chi connectivity index (χ2n) is 9.65. The van der Waals surface area contributed by atoms with Crippen molar-refractivity contribution in [3.63, 3.8) is 0 Å². The predicted octanol–water partition coefficient (Wildman–Crippen LogP) is 2.43. The highest BCUT2D eigenvalue weighted by molar-refractivity contribution is 7.86. The third-order valence-electron chi connectivity index (χ3n) is 6.21. The molecule has 0 radical (unpaired) electrons. The molecular weight excluding hydrogens is 456 g/mol. The van der Waals surface area contributed by atoms with Crippen LogP contribution in [0.2, 0.25) is 0 Å². The van der Waals surface area contributed by atoms with Crippen molar-refractivity contribution in [3.05, 3.63) is 46.9 Å². The monoisotopic (exact) mass is 492 g/mol. The average molecular weight is 493 g/mol. The van der Waals surface area contributed by atoms with Crippen molar-refractivity contribution in [2.45, 2.75) is 58.4 Å². The number of hydrogen-bond acceptors (Lipinski definition) is 6. The van der Waals surface area contributed by atoms with E-state index >= 15 is 0 Å². The molecule has 0 saturated carbocycles. The molecule has 2 N–H and O–H groups in total. The minimum Gasteiger partial charge on any atom is -0.608 e. The van der Waals surface area contributed by atoms with Crippen molar-refractivity contribution in [1.82, 2.24) is 14.7 Å². The zero-order chi connectivity index (χ0) is 25.2. The maximum atomic E-state index is 13.5. The fourth-order valence-electron chi connectivity index (χ4n) is 4.10. The molecule has 2 aromatic rings. The van der Waals surface area contributed by atoms with Crippen LogP contribution < -0.4 is 14.1 Å². The van der Waals surface area contributed by atoms with Crippen LogP contribution in [0.5, 0.6) is 0 Å². The van der Waals surface area contributed by atoms with Crippen LogP contribution in [0, 0.1) is 5.21 Å². The first kappa shape index (κ1) is 26.1. The Labute approximate surface area is 202 Å². The van der Waals surface area contributed by atoms with E-state index in [-0.39, 0.29) is 17.5 Å². The maximum absolute atomic E-state index is 13.5. The van der Waals surface area contributed by atoms with Crippen molar-refractivity contribution in [2.24, 2.45) is 7.05 Å². The Morgan fingerprint density at radius 1 is 1.12 bits per heavy atom.